The van der Waals surface area contributed by atoms with Gasteiger partial charge in [0.15, 0.2) is 0 Å². The Bertz CT molecular complexity index is 1190. The van der Waals surface area contributed by atoms with Gasteiger partial charge in [0, 0.05) is 50.5 Å². The molecular formula is C25H27N7O. The minimum Gasteiger partial charge on any atom is -0.497 e. The van der Waals surface area contributed by atoms with Gasteiger partial charge in [0.1, 0.15) is 17.4 Å². The van der Waals surface area contributed by atoms with Gasteiger partial charge in [0.05, 0.1) is 19.2 Å². The van der Waals surface area contributed by atoms with E-state index in [1.165, 1.54) is 5.56 Å². The smallest absolute Gasteiger partial charge is 0.225 e. The standard InChI is InChI=1S/C25H27N7O/c1-33-20-9-7-19(8-10-20)17-28-24-21-5-2-3-6-22(21)29-23(30-24)18-31-13-15-32(16-14-31)25-26-11-4-12-27-25/h2-12H,13-18H2,1H3,(H,28,29,30). The highest BCUT2D eigenvalue weighted by Gasteiger charge is 2.20. The van der Waals surface area contributed by atoms with Gasteiger partial charge >= 0.3 is 0 Å². The Hall–Kier alpha value is -3.78. The molecule has 1 N–H and O–H groups in total. The van der Waals surface area contributed by atoms with Crippen LogP contribution in [0.2, 0.25) is 0 Å². The molecular weight excluding hydrogens is 414 g/mol. The fourth-order valence-corrected chi connectivity index (χ4v) is 4.02. The van der Waals surface area contributed by atoms with Crippen LogP contribution in [0.3, 0.4) is 0 Å². The lowest BCUT2D eigenvalue weighted by atomic mass is 10.2. The molecule has 1 fully saturated rings. The number of aromatic nitrogens is 4. The third kappa shape index (κ3) is 5.01. The number of piperazine rings is 1. The van der Waals surface area contributed by atoms with Crippen LogP contribution in [0.1, 0.15) is 11.4 Å². The molecule has 0 aliphatic carbocycles. The first-order valence-corrected chi connectivity index (χ1v) is 11.2. The summed E-state index contributed by atoms with van der Waals surface area (Å²) in [5.41, 5.74) is 2.12. The molecule has 8 nitrogen and oxygen atoms in total. The first-order valence-electron chi connectivity index (χ1n) is 11.2. The Balaban J connectivity index is 1.28. The zero-order chi connectivity index (χ0) is 22.5. The van der Waals surface area contributed by atoms with Gasteiger partial charge in [0.2, 0.25) is 5.95 Å². The number of methoxy groups -OCH3 is 1. The average molecular weight is 442 g/mol. The first kappa shape index (κ1) is 21.1. The summed E-state index contributed by atoms with van der Waals surface area (Å²) in [5.74, 6) is 3.34. The zero-order valence-corrected chi connectivity index (χ0v) is 18.7. The van der Waals surface area contributed by atoms with E-state index in [2.05, 4.69) is 43.3 Å². The summed E-state index contributed by atoms with van der Waals surface area (Å²) < 4.78 is 5.25. The summed E-state index contributed by atoms with van der Waals surface area (Å²) in [6.07, 6.45) is 3.58. The number of hydrogen-bond acceptors (Lipinski definition) is 8. The third-order valence-electron chi connectivity index (χ3n) is 5.84. The summed E-state index contributed by atoms with van der Waals surface area (Å²) in [4.78, 5) is 23.1. The number of nitrogens with one attached hydrogen (secondary N) is 1. The van der Waals surface area contributed by atoms with Gasteiger partial charge in [-0.1, -0.05) is 24.3 Å². The number of benzene rings is 2. The Morgan fingerprint density at radius 1 is 0.879 bits per heavy atom. The van der Waals surface area contributed by atoms with E-state index in [9.17, 15) is 0 Å². The molecule has 0 atom stereocenters. The summed E-state index contributed by atoms with van der Waals surface area (Å²) >= 11 is 0. The van der Waals surface area contributed by atoms with Crippen molar-refractivity contribution in [3.63, 3.8) is 0 Å². The monoisotopic (exact) mass is 441 g/mol. The zero-order valence-electron chi connectivity index (χ0n) is 18.7. The highest BCUT2D eigenvalue weighted by Crippen LogP contribution is 2.22. The number of rotatable bonds is 7. The number of anilines is 2. The van der Waals surface area contributed by atoms with Crippen LogP contribution in [0.4, 0.5) is 11.8 Å². The molecule has 0 unspecified atom stereocenters. The van der Waals surface area contributed by atoms with E-state index in [0.29, 0.717) is 13.1 Å². The second-order valence-electron chi connectivity index (χ2n) is 8.02. The van der Waals surface area contributed by atoms with Crippen molar-refractivity contribution < 1.29 is 4.74 Å². The molecule has 168 valence electrons. The molecule has 3 heterocycles. The van der Waals surface area contributed by atoms with Gasteiger partial charge in [-0.3, -0.25) is 4.90 Å². The van der Waals surface area contributed by atoms with Crippen molar-refractivity contribution in [2.75, 3.05) is 43.5 Å². The van der Waals surface area contributed by atoms with E-state index < -0.39 is 0 Å². The fourth-order valence-electron chi connectivity index (χ4n) is 4.02. The molecule has 0 spiro atoms. The van der Waals surface area contributed by atoms with Crippen LogP contribution in [-0.2, 0) is 13.1 Å². The molecule has 1 saturated heterocycles. The maximum atomic E-state index is 5.25. The summed E-state index contributed by atoms with van der Waals surface area (Å²) in [7, 11) is 1.68. The van der Waals surface area contributed by atoms with Crippen LogP contribution in [0, 0.1) is 0 Å². The van der Waals surface area contributed by atoms with Crippen molar-refractivity contribution >= 4 is 22.7 Å². The molecule has 5 rings (SSSR count). The Morgan fingerprint density at radius 3 is 2.39 bits per heavy atom. The molecule has 0 bridgehead atoms. The van der Waals surface area contributed by atoms with Gasteiger partial charge in [-0.05, 0) is 35.9 Å². The van der Waals surface area contributed by atoms with Crippen molar-refractivity contribution in [3.8, 4) is 5.75 Å². The molecule has 2 aromatic carbocycles. The van der Waals surface area contributed by atoms with E-state index >= 15 is 0 Å². The van der Waals surface area contributed by atoms with Gasteiger partial charge in [0.25, 0.3) is 0 Å². The Kier molecular flexibility index (Phi) is 6.25. The van der Waals surface area contributed by atoms with Gasteiger partial charge in [-0.25, -0.2) is 19.9 Å². The molecule has 0 amide bonds. The quantitative estimate of drug-likeness (QED) is 0.468. The molecule has 33 heavy (non-hydrogen) atoms. The van der Waals surface area contributed by atoms with E-state index in [4.69, 9.17) is 14.7 Å². The van der Waals surface area contributed by atoms with E-state index in [1.807, 2.05) is 36.4 Å². The van der Waals surface area contributed by atoms with Crippen LogP contribution in [0.25, 0.3) is 10.9 Å². The maximum absolute atomic E-state index is 5.25. The van der Waals surface area contributed by atoms with Gasteiger partial charge < -0.3 is 15.0 Å². The summed E-state index contributed by atoms with van der Waals surface area (Å²) in [6, 6.07) is 18.1. The lowest BCUT2D eigenvalue weighted by Crippen LogP contribution is -2.46. The number of para-hydroxylation sites is 1. The van der Waals surface area contributed by atoms with Crippen molar-refractivity contribution in [1.82, 2.24) is 24.8 Å². The highest BCUT2D eigenvalue weighted by atomic mass is 16.5. The molecule has 8 heteroatoms. The molecule has 2 aromatic heterocycles. The van der Waals surface area contributed by atoms with Crippen molar-refractivity contribution in [2.45, 2.75) is 13.1 Å². The number of hydrogen-bond donors (Lipinski definition) is 1. The second kappa shape index (κ2) is 9.79. The van der Waals surface area contributed by atoms with Crippen LogP contribution >= 0.6 is 0 Å². The molecule has 1 aliphatic heterocycles. The van der Waals surface area contributed by atoms with E-state index in [1.54, 1.807) is 19.5 Å². The number of ether oxygens (including phenoxy) is 1. The van der Waals surface area contributed by atoms with Gasteiger partial charge in [-0.2, -0.15) is 0 Å². The second-order valence-corrected chi connectivity index (χ2v) is 8.02. The molecule has 0 radical (unpaired) electrons. The molecule has 1 aliphatic rings. The van der Waals surface area contributed by atoms with Crippen LogP contribution in [-0.4, -0.2) is 58.1 Å². The van der Waals surface area contributed by atoms with E-state index in [0.717, 1.165) is 60.4 Å². The number of fused-ring (bicyclic) bond motifs is 1. The first-order chi connectivity index (χ1) is 16.3. The van der Waals surface area contributed by atoms with Crippen LogP contribution in [0.5, 0.6) is 5.75 Å². The predicted octanol–water partition coefficient (Wildman–Crippen LogP) is 3.36. The topological polar surface area (TPSA) is 79.3 Å². The van der Waals surface area contributed by atoms with Gasteiger partial charge in [-0.15, -0.1) is 0 Å². The van der Waals surface area contributed by atoms with E-state index in [-0.39, 0.29) is 0 Å². The minimum atomic E-state index is 0.681. The van der Waals surface area contributed by atoms with Crippen LogP contribution in [0.15, 0.2) is 67.0 Å². The number of nitrogens with zero attached hydrogens (tertiary/aromatic N) is 6. The highest BCUT2D eigenvalue weighted by molar-refractivity contribution is 5.88. The van der Waals surface area contributed by atoms with Crippen molar-refractivity contribution in [3.05, 3.63) is 78.4 Å². The third-order valence-corrected chi connectivity index (χ3v) is 5.84. The maximum Gasteiger partial charge on any atom is 0.225 e. The normalized spacial score (nSPS) is 14.4. The SMILES string of the molecule is COc1ccc(CNc2nc(CN3CCN(c4ncccn4)CC3)nc3ccccc23)cc1. The largest absolute Gasteiger partial charge is 0.497 e. The summed E-state index contributed by atoms with van der Waals surface area (Å²) in [6.45, 7) is 5.01. The van der Waals surface area contributed by atoms with Crippen LogP contribution < -0.4 is 15.0 Å². The van der Waals surface area contributed by atoms with Crippen molar-refractivity contribution in [2.24, 2.45) is 0 Å². The predicted molar refractivity (Wildman–Crippen MR) is 129 cm³/mol. The summed E-state index contributed by atoms with van der Waals surface area (Å²) in [5, 5.41) is 4.54. The average Bonchev–Trinajstić information content (AvgIpc) is 2.88. The lowest BCUT2D eigenvalue weighted by Gasteiger charge is -2.34. The molecule has 0 saturated carbocycles. The lowest BCUT2D eigenvalue weighted by molar-refractivity contribution is 0.243. The Labute approximate surface area is 193 Å². The Morgan fingerprint density at radius 2 is 1.64 bits per heavy atom. The fraction of sp³-hybridized carbons (Fsp3) is 0.280. The molecule has 4 aromatic rings. The minimum absolute atomic E-state index is 0.681. The van der Waals surface area contributed by atoms with Crippen molar-refractivity contribution in [1.29, 1.82) is 0 Å².